The van der Waals surface area contributed by atoms with Gasteiger partial charge < -0.3 is 15.0 Å². The van der Waals surface area contributed by atoms with Gasteiger partial charge in [0.2, 0.25) is 0 Å². The van der Waals surface area contributed by atoms with Crippen LogP contribution in [0.25, 0.3) is 20.8 Å². The van der Waals surface area contributed by atoms with E-state index in [1.54, 1.807) is 35.1 Å². The molecule has 1 aliphatic carbocycles. The predicted octanol–water partition coefficient (Wildman–Crippen LogP) is 6.80. The molecule has 1 amide bonds. The molecule has 2 aliphatic heterocycles. The van der Waals surface area contributed by atoms with E-state index in [1.165, 1.54) is 37.9 Å². The molecule has 40 heavy (non-hydrogen) atoms. The predicted molar refractivity (Wildman–Crippen MR) is 161 cm³/mol. The Morgan fingerprint density at radius 2 is 1.95 bits per heavy atom. The van der Waals surface area contributed by atoms with E-state index in [-0.39, 0.29) is 12.1 Å². The van der Waals surface area contributed by atoms with Gasteiger partial charge in [-0.2, -0.15) is 0 Å². The van der Waals surface area contributed by atoms with E-state index < -0.39 is 5.60 Å². The molecule has 1 unspecified atom stereocenters. The minimum atomic E-state index is -0.543. The molecule has 3 aromatic heterocycles. The van der Waals surface area contributed by atoms with E-state index in [0.29, 0.717) is 25.2 Å². The maximum atomic E-state index is 13.3. The third-order valence-corrected chi connectivity index (χ3v) is 11.2. The average molecular weight is 581 g/mol. The summed E-state index contributed by atoms with van der Waals surface area (Å²) in [6, 6.07) is 1.89. The SMILES string of the molecule is C[C@@H]1c2sc(CC(=O)CCCC3C[C@H]4CNC[C@H]4C3)c(-c3nc4cnccc4s3)c2CCN1C(=O)OC(C)(C)C. The number of amides is 1. The number of ketones is 1. The standard InChI is InChI=1S/C31H40N4O3S2/c1-18-28-23(9-11-35(18)30(37)38-31(2,3)4)27(29-34-24-17-32-10-8-25(24)40-29)26(39-28)14-22(36)7-5-6-19-12-20-15-33-16-21(20)13-19/h8,10,17-21,33H,5-7,9,11-16H2,1-4H3/t18-,19?,20-,21+/m1/s1. The molecule has 0 bridgehead atoms. The van der Waals surface area contributed by atoms with Gasteiger partial charge in [-0.3, -0.25) is 9.78 Å². The van der Waals surface area contributed by atoms with Gasteiger partial charge >= 0.3 is 6.09 Å². The van der Waals surface area contributed by atoms with Crippen molar-refractivity contribution >= 4 is 44.8 Å². The Balaban J connectivity index is 1.22. The quantitative estimate of drug-likeness (QED) is 0.331. The number of nitrogens with one attached hydrogen (secondary N) is 1. The summed E-state index contributed by atoms with van der Waals surface area (Å²) in [5.41, 5.74) is 2.69. The molecule has 9 heteroatoms. The van der Waals surface area contributed by atoms with Crippen molar-refractivity contribution in [2.45, 2.75) is 84.3 Å². The molecule has 7 nitrogen and oxygen atoms in total. The summed E-state index contributed by atoms with van der Waals surface area (Å²) in [5.74, 6) is 2.79. The number of aromatic nitrogens is 2. The van der Waals surface area contributed by atoms with Crippen LogP contribution >= 0.6 is 22.7 Å². The third-order valence-electron chi connectivity index (χ3n) is 8.77. The fourth-order valence-electron chi connectivity index (χ4n) is 6.90. The Kier molecular flexibility index (Phi) is 7.74. The Morgan fingerprint density at radius 3 is 2.67 bits per heavy atom. The van der Waals surface area contributed by atoms with Crippen molar-refractivity contribution in [3.05, 3.63) is 33.8 Å². The smallest absolute Gasteiger partial charge is 0.410 e. The zero-order valence-electron chi connectivity index (χ0n) is 24.0. The van der Waals surface area contributed by atoms with Crippen LogP contribution in [0.5, 0.6) is 0 Å². The third kappa shape index (κ3) is 5.70. The van der Waals surface area contributed by atoms with Gasteiger partial charge in [-0.1, -0.05) is 6.42 Å². The van der Waals surface area contributed by atoms with Gasteiger partial charge in [0.05, 0.1) is 16.9 Å². The van der Waals surface area contributed by atoms with Crippen LogP contribution in [0.15, 0.2) is 18.5 Å². The molecule has 1 saturated heterocycles. The fourth-order valence-corrected chi connectivity index (χ4v) is 9.45. The van der Waals surface area contributed by atoms with E-state index >= 15 is 0 Å². The minimum Gasteiger partial charge on any atom is -0.444 e. The lowest BCUT2D eigenvalue weighted by atomic mass is 9.95. The van der Waals surface area contributed by atoms with Gasteiger partial charge in [-0.25, -0.2) is 9.78 Å². The second kappa shape index (κ2) is 11.1. The van der Waals surface area contributed by atoms with E-state index in [0.717, 1.165) is 61.1 Å². The molecule has 0 aromatic carbocycles. The molecular formula is C31H40N4O3S2. The van der Waals surface area contributed by atoms with Gasteiger partial charge in [-0.15, -0.1) is 22.7 Å². The van der Waals surface area contributed by atoms with E-state index in [4.69, 9.17) is 9.72 Å². The topological polar surface area (TPSA) is 84.4 Å². The van der Waals surface area contributed by atoms with Crippen LogP contribution in [0.1, 0.15) is 81.2 Å². The monoisotopic (exact) mass is 580 g/mol. The van der Waals surface area contributed by atoms with Gasteiger partial charge in [-0.05, 0) is 95.9 Å². The number of ether oxygens (including phenoxy) is 1. The first kappa shape index (κ1) is 27.8. The molecule has 214 valence electrons. The number of hydrogen-bond donors (Lipinski definition) is 1. The maximum Gasteiger partial charge on any atom is 0.410 e. The van der Waals surface area contributed by atoms with Crippen LogP contribution in [0, 0.1) is 17.8 Å². The van der Waals surface area contributed by atoms with Crippen LogP contribution in [-0.2, 0) is 22.4 Å². The summed E-state index contributed by atoms with van der Waals surface area (Å²) in [5, 5.41) is 4.48. The van der Waals surface area contributed by atoms with Crippen LogP contribution in [0.4, 0.5) is 4.79 Å². The number of pyridine rings is 1. The van der Waals surface area contributed by atoms with Crippen molar-refractivity contribution in [3.8, 4) is 10.6 Å². The summed E-state index contributed by atoms with van der Waals surface area (Å²) in [6.07, 6.45) is 9.91. The fraction of sp³-hybridized carbons (Fsp3) is 0.613. The first-order valence-electron chi connectivity index (χ1n) is 14.7. The number of thiazole rings is 1. The highest BCUT2D eigenvalue weighted by Gasteiger charge is 2.37. The van der Waals surface area contributed by atoms with Crippen molar-refractivity contribution in [2.75, 3.05) is 19.6 Å². The number of thiophene rings is 1. The summed E-state index contributed by atoms with van der Waals surface area (Å²) < 4.78 is 6.81. The molecule has 6 rings (SSSR count). The highest BCUT2D eigenvalue weighted by molar-refractivity contribution is 7.22. The van der Waals surface area contributed by atoms with E-state index in [1.807, 2.05) is 31.7 Å². The molecular weight excluding hydrogens is 541 g/mol. The molecule has 3 aromatic rings. The average Bonchev–Trinajstić information content (AvgIpc) is 3.64. The lowest BCUT2D eigenvalue weighted by Crippen LogP contribution is -2.41. The van der Waals surface area contributed by atoms with Crippen molar-refractivity contribution in [3.63, 3.8) is 0 Å². The summed E-state index contributed by atoms with van der Waals surface area (Å²) in [7, 11) is 0. The number of rotatable bonds is 7. The van der Waals surface area contributed by atoms with Crippen molar-refractivity contribution in [1.29, 1.82) is 0 Å². The molecule has 2 fully saturated rings. The van der Waals surface area contributed by atoms with Crippen molar-refractivity contribution in [2.24, 2.45) is 17.8 Å². The normalized spacial score (nSPS) is 24.4. The number of nitrogens with zero attached hydrogens (tertiary/aromatic N) is 3. The molecule has 4 atom stereocenters. The lowest BCUT2D eigenvalue weighted by Gasteiger charge is -2.35. The molecule has 1 N–H and O–H groups in total. The first-order valence-corrected chi connectivity index (χ1v) is 16.4. The highest BCUT2D eigenvalue weighted by atomic mass is 32.1. The van der Waals surface area contributed by atoms with Gasteiger partial charge in [0.15, 0.2) is 0 Å². The Labute approximate surface area is 244 Å². The second-order valence-electron chi connectivity index (χ2n) is 12.8. The Hall–Kier alpha value is -2.36. The second-order valence-corrected chi connectivity index (χ2v) is 15.0. The van der Waals surface area contributed by atoms with Crippen molar-refractivity contribution < 1.29 is 14.3 Å². The van der Waals surface area contributed by atoms with E-state index in [2.05, 4.69) is 17.2 Å². The van der Waals surface area contributed by atoms with Gasteiger partial charge in [0.25, 0.3) is 0 Å². The van der Waals surface area contributed by atoms with E-state index in [9.17, 15) is 9.59 Å². The zero-order chi connectivity index (χ0) is 28.0. The number of Topliss-reactive ketones (excluding diaryl/α,β-unsaturated/α-hetero) is 1. The minimum absolute atomic E-state index is 0.112. The summed E-state index contributed by atoms with van der Waals surface area (Å²) >= 11 is 3.35. The number of carbonyl (C=O) groups excluding carboxylic acids is 2. The van der Waals surface area contributed by atoms with Crippen LogP contribution < -0.4 is 5.32 Å². The number of hydrogen-bond acceptors (Lipinski definition) is 8. The maximum absolute atomic E-state index is 13.3. The molecule has 0 radical (unpaired) electrons. The summed E-state index contributed by atoms with van der Waals surface area (Å²) in [4.78, 5) is 39.6. The number of fused-ring (bicyclic) bond motifs is 3. The lowest BCUT2D eigenvalue weighted by molar-refractivity contribution is -0.118. The molecule has 1 saturated carbocycles. The Bertz CT molecular complexity index is 1360. The van der Waals surface area contributed by atoms with Crippen molar-refractivity contribution in [1.82, 2.24) is 20.2 Å². The van der Waals surface area contributed by atoms with Crippen LogP contribution in [0.3, 0.4) is 0 Å². The van der Waals surface area contributed by atoms with Crippen LogP contribution in [-0.4, -0.2) is 52.0 Å². The largest absolute Gasteiger partial charge is 0.444 e. The highest BCUT2D eigenvalue weighted by Crippen LogP contribution is 2.46. The zero-order valence-corrected chi connectivity index (χ0v) is 25.6. The number of carbonyl (C=O) groups is 2. The molecule has 0 spiro atoms. The van der Waals surface area contributed by atoms with Gasteiger partial charge in [0.1, 0.15) is 21.9 Å². The van der Waals surface area contributed by atoms with Gasteiger partial charge in [0, 0.05) is 40.9 Å². The van der Waals surface area contributed by atoms with Crippen LogP contribution in [0.2, 0.25) is 0 Å². The Morgan fingerprint density at radius 1 is 1.18 bits per heavy atom. The molecule has 5 heterocycles. The first-order chi connectivity index (χ1) is 19.2. The molecule has 3 aliphatic rings. The summed E-state index contributed by atoms with van der Waals surface area (Å²) in [6.45, 7) is 10.7.